The van der Waals surface area contributed by atoms with Gasteiger partial charge in [-0.15, -0.1) is 11.6 Å². The fourth-order valence-electron chi connectivity index (χ4n) is 4.74. The third-order valence-electron chi connectivity index (χ3n) is 7.68. The third-order valence-corrected chi connectivity index (χ3v) is 8.11. The first-order valence-electron chi connectivity index (χ1n) is 18.0. The zero-order valence-corrected chi connectivity index (χ0v) is 29.5. The first-order chi connectivity index (χ1) is 19.4. The van der Waals surface area contributed by atoms with Crippen molar-refractivity contribution in [1.29, 1.82) is 0 Å². The molecule has 0 radical (unpaired) electrons. The van der Waals surface area contributed by atoms with Crippen molar-refractivity contribution in [2.45, 2.75) is 182 Å². The fourth-order valence-corrected chi connectivity index (χ4v) is 4.90. The Morgan fingerprint density at radius 3 is 0.925 bits per heavy atom. The highest BCUT2D eigenvalue weighted by atomic mass is 35.5. The second-order valence-electron chi connectivity index (χ2n) is 11.9. The van der Waals surface area contributed by atoms with Gasteiger partial charge in [0.25, 0.3) is 0 Å². The molecule has 1 atom stereocenters. The number of nitrogens with one attached hydrogen (secondary N) is 2. The molecule has 0 amide bonds. The van der Waals surface area contributed by atoms with Crippen molar-refractivity contribution >= 4 is 18.7 Å². The van der Waals surface area contributed by atoms with Gasteiger partial charge in [-0.05, 0) is 50.2 Å². The van der Waals surface area contributed by atoms with E-state index < -0.39 is 12.4 Å². The first kappa shape index (κ1) is 44.6. The molecule has 0 aromatic carbocycles. The van der Waals surface area contributed by atoms with Crippen molar-refractivity contribution < 1.29 is 19.8 Å². The molecule has 0 saturated carbocycles. The number of alkyl halides is 1. The van der Waals surface area contributed by atoms with E-state index in [1.165, 1.54) is 148 Å². The molecule has 6 heteroatoms. The Hall–Kier alpha value is 0.195. The van der Waals surface area contributed by atoms with Crippen LogP contribution in [0.3, 0.4) is 0 Å². The van der Waals surface area contributed by atoms with Crippen LogP contribution < -0.4 is 19.8 Å². The summed E-state index contributed by atoms with van der Waals surface area (Å²) in [5.74, 6) is 0. The first-order valence-corrected chi connectivity index (χ1v) is 18.4. The molecular weight excluding hydrogens is 515 g/mol. The van der Waals surface area contributed by atoms with Crippen LogP contribution in [-0.4, -0.2) is 51.7 Å². The highest BCUT2D eigenvalue weighted by Crippen LogP contribution is 2.11. The lowest BCUT2D eigenvalue weighted by Gasteiger charge is -2.31. The van der Waals surface area contributed by atoms with E-state index in [0.29, 0.717) is 6.42 Å². The zero-order valence-electron chi connectivity index (χ0n) is 28.7. The molecule has 0 aliphatic carbocycles. The molecule has 0 heterocycles. The van der Waals surface area contributed by atoms with E-state index in [9.17, 15) is 10.0 Å². The molecule has 1 unspecified atom stereocenters. The average molecular weight is 591 g/mol. The van der Waals surface area contributed by atoms with Crippen LogP contribution in [0.5, 0.6) is 0 Å². The number of unbranched alkanes of at least 4 members (excludes halogenated alkanes) is 12. The number of hydrogen-bond acceptors (Lipinski definition) is 2. The van der Waals surface area contributed by atoms with Crippen LogP contribution in [-0.2, 0) is 0 Å². The Balaban J connectivity index is -0.000000514. The van der Waals surface area contributed by atoms with Crippen molar-refractivity contribution in [3.05, 3.63) is 0 Å². The zero-order chi connectivity index (χ0) is 30.7. The maximum atomic E-state index is 10.3. The molecule has 40 heavy (non-hydrogen) atoms. The maximum Gasteiger partial charge on any atom is 0.0770 e. The Kier molecular flexibility index (Phi) is 43.7. The van der Waals surface area contributed by atoms with Crippen molar-refractivity contribution in [3.63, 3.8) is 0 Å². The Morgan fingerprint density at radius 1 is 0.425 bits per heavy atom. The highest BCUT2D eigenvalue weighted by molar-refractivity contribution is 6.54. The predicted molar refractivity (Wildman–Crippen MR) is 179 cm³/mol. The molecule has 0 rings (SSSR count). The van der Waals surface area contributed by atoms with Gasteiger partial charge in [0.05, 0.1) is 39.3 Å². The fraction of sp³-hybridized carbons (Fsp3) is 1.00. The van der Waals surface area contributed by atoms with Crippen molar-refractivity contribution in [3.8, 4) is 0 Å². The molecule has 4 nitrogen and oxygen atoms in total. The number of hydrogen-bond donors (Lipinski definition) is 2. The largest absolute Gasteiger partial charge is 0.892 e. The molecule has 0 aliphatic heterocycles. The van der Waals surface area contributed by atoms with Gasteiger partial charge in [-0.2, -0.15) is 0 Å². The summed E-state index contributed by atoms with van der Waals surface area (Å²) in [6, 6.07) is 0. The minimum Gasteiger partial charge on any atom is -0.892 e. The van der Waals surface area contributed by atoms with E-state index in [4.69, 9.17) is 11.6 Å². The molecule has 0 aliphatic rings. The van der Waals surface area contributed by atoms with Gasteiger partial charge in [0.2, 0.25) is 0 Å². The maximum absolute atomic E-state index is 10.3. The van der Waals surface area contributed by atoms with Gasteiger partial charge in [-0.1, -0.05) is 139 Å². The van der Waals surface area contributed by atoms with E-state index in [0.717, 1.165) is 12.8 Å². The monoisotopic (exact) mass is 591 g/mol. The highest BCUT2D eigenvalue weighted by Gasteiger charge is 2.06. The van der Waals surface area contributed by atoms with Gasteiger partial charge in [-0.3, -0.25) is 0 Å². The van der Waals surface area contributed by atoms with Gasteiger partial charge in [-0.25, -0.2) is 0 Å². The summed E-state index contributed by atoms with van der Waals surface area (Å²) in [6.07, 6.45) is 25.4. The molecule has 2 N–H and O–H groups in total. The molecule has 0 fully saturated rings. The van der Waals surface area contributed by atoms with Gasteiger partial charge in [0.15, 0.2) is 0 Å². The van der Waals surface area contributed by atoms with E-state index in [1.807, 2.05) is 9.80 Å². The van der Waals surface area contributed by atoms with Crippen LogP contribution >= 0.6 is 11.6 Å². The summed E-state index contributed by atoms with van der Waals surface area (Å²) in [5, 5.41) is 20.0. The molecule has 0 aromatic heterocycles. The van der Waals surface area contributed by atoms with Crippen molar-refractivity contribution in [1.82, 2.24) is 0 Å². The van der Waals surface area contributed by atoms with E-state index >= 15 is 0 Å². The normalized spacial score (nSPS) is 11.7. The molecule has 0 aromatic rings. The number of quaternary nitrogens is 2. The second-order valence-corrected chi connectivity index (χ2v) is 12.5. The van der Waals surface area contributed by atoms with E-state index in [2.05, 4.69) is 48.5 Å². The van der Waals surface area contributed by atoms with Crippen LogP contribution in [0.2, 0.25) is 0 Å². The lowest BCUT2D eigenvalue weighted by molar-refractivity contribution is -0.900. The summed E-state index contributed by atoms with van der Waals surface area (Å²) in [5.41, 5.74) is 0. The van der Waals surface area contributed by atoms with Gasteiger partial charge >= 0.3 is 0 Å². The van der Waals surface area contributed by atoms with Crippen LogP contribution in [0.4, 0.5) is 0 Å². The predicted octanol–water partition coefficient (Wildman–Crippen LogP) is 6.03. The summed E-state index contributed by atoms with van der Waals surface area (Å²) in [4.78, 5) is 3.68. The van der Waals surface area contributed by atoms with Crippen molar-refractivity contribution in [2.24, 2.45) is 0 Å². The molecule has 0 spiro atoms. The quantitative estimate of drug-likeness (QED) is 0.0698. The summed E-state index contributed by atoms with van der Waals surface area (Å²) in [6.45, 7) is 24.3. The Bertz CT molecular complexity index is 371. The Labute approximate surface area is 259 Å². The smallest absolute Gasteiger partial charge is 0.0770 e. The second kappa shape index (κ2) is 39.2. The standard InChI is InChI=1S/2C12H27N.C10H20BClO2/c2*1-4-7-10-13(11-8-5-2)12-9-6-3;1-2-3-4-5-6-7-8-9-10(12)11(13)14/h2*4-12H2,1-3H3;10H,2-9H2,1H3/q;;-2/p+2. The van der Waals surface area contributed by atoms with E-state index in [1.54, 1.807) is 0 Å². The molecule has 244 valence electrons. The van der Waals surface area contributed by atoms with Crippen molar-refractivity contribution in [2.75, 3.05) is 39.3 Å². The van der Waals surface area contributed by atoms with Crippen LogP contribution in [0.15, 0.2) is 0 Å². The number of rotatable bonds is 27. The van der Waals surface area contributed by atoms with Crippen LogP contribution in [0, 0.1) is 0 Å². The summed E-state index contributed by atoms with van der Waals surface area (Å²) >= 11 is 5.55. The summed E-state index contributed by atoms with van der Waals surface area (Å²) in [7, 11) is -1.86. The lowest BCUT2D eigenvalue weighted by atomic mass is 9.82. The van der Waals surface area contributed by atoms with Gasteiger partial charge in [0, 0.05) is 0 Å². The topological polar surface area (TPSA) is 55.0 Å². The SMILES string of the molecule is CCCCCCCCCC(Cl)B([O-])[O-].CCCC[NH+](CCCC)CCCC.CCCC[NH+](CCCC)CCCC. The van der Waals surface area contributed by atoms with E-state index in [-0.39, 0.29) is 0 Å². The lowest BCUT2D eigenvalue weighted by Crippen LogP contribution is -3.12. The molecular formula is C34H76BClN2O2. The molecule has 0 bridgehead atoms. The van der Waals surface area contributed by atoms with Crippen LogP contribution in [0.1, 0.15) is 177 Å². The summed E-state index contributed by atoms with van der Waals surface area (Å²) < 4.78 is 0. The van der Waals surface area contributed by atoms with Gasteiger partial charge < -0.3 is 19.8 Å². The van der Waals surface area contributed by atoms with Gasteiger partial charge in [0.1, 0.15) is 0 Å². The number of halogens is 1. The average Bonchev–Trinajstić information content (AvgIpc) is 2.96. The third kappa shape index (κ3) is 38.2. The molecule has 0 saturated heterocycles. The minimum atomic E-state index is -1.86. The Morgan fingerprint density at radius 2 is 0.675 bits per heavy atom. The van der Waals surface area contributed by atoms with Crippen LogP contribution in [0.25, 0.3) is 0 Å². The minimum absolute atomic E-state index is 0.576.